The second-order valence-electron chi connectivity index (χ2n) is 6.10. The van der Waals surface area contributed by atoms with Crippen molar-refractivity contribution in [3.05, 3.63) is 35.4 Å². The van der Waals surface area contributed by atoms with Crippen LogP contribution in [0.4, 0.5) is 0 Å². The SMILES string of the molecule is CC(C)CN(C(C)C)C1Cc2ccccc2C1O. The van der Waals surface area contributed by atoms with Crippen LogP contribution in [-0.4, -0.2) is 28.6 Å². The molecule has 2 atom stereocenters. The second-order valence-corrected chi connectivity index (χ2v) is 6.10. The van der Waals surface area contributed by atoms with Crippen LogP contribution >= 0.6 is 0 Å². The molecule has 2 rings (SSSR count). The number of nitrogens with zero attached hydrogens (tertiary/aromatic N) is 1. The summed E-state index contributed by atoms with van der Waals surface area (Å²) in [6.45, 7) is 9.97. The van der Waals surface area contributed by atoms with E-state index in [1.165, 1.54) is 5.56 Å². The predicted molar refractivity (Wildman–Crippen MR) is 75.6 cm³/mol. The Hall–Kier alpha value is -0.860. The number of hydrogen-bond donors (Lipinski definition) is 1. The first-order chi connectivity index (χ1) is 8.50. The van der Waals surface area contributed by atoms with E-state index in [9.17, 15) is 5.11 Å². The van der Waals surface area contributed by atoms with Gasteiger partial charge >= 0.3 is 0 Å². The number of aliphatic hydroxyl groups is 1. The summed E-state index contributed by atoms with van der Waals surface area (Å²) in [5.41, 5.74) is 2.43. The molecule has 1 N–H and O–H groups in total. The third-order valence-electron chi connectivity index (χ3n) is 3.83. The minimum atomic E-state index is -0.331. The maximum absolute atomic E-state index is 10.5. The fourth-order valence-electron chi connectivity index (χ4n) is 3.00. The van der Waals surface area contributed by atoms with Crippen LogP contribution in [0.15, 0.2) is 24.3 Å². The monoisotopic (exact) mass is 247 g/mol. The maximum atomic E-state index is 10.5. The Kier molecular flexibility index (Phi) is 4.08. The molecule has 1 aliphatic rings. The number of fused-ring (bicyclic) bond motifs is 1. The molecule has 0 spiro atoms. The van der Waals surface area contributed by atoms with Gasteiger partial charge in [0.2, 0.25) is 0 Å². The highest BCUT2D eigenvalue weighted by molar-refractivity contribution is 5.36. The minimum Gasteiger partial charge on any atom is -0.387 e. The lowest BCUT2D eigenvalue weighted by atomic mass is 10.1. The largest absolute Gasteiger partial charge is 0.387 e. The van der Waals surface area contributed by atoms with Gasteiger partial charge in [-0.3, -0.25) is 4.90 Å². The molecule has 0 fully saturated rings. The van der Waals surface area contributed by atoms with Gasteiger partial charge in [0.15, 0.2) is 0 Å². The van der Waals surface area contributed by atoms with Gasteiger partial charge in [0, 0.05) is 18.6 Å². The molecule has 0 radical (unpaired) electrons. The first-order valence-corrected chi connectivity index (χ1v) is 7.02. The van der Waals surface area contributed by atoms with Crippen molar-refractivity contribution in [1.29, 1.82) is 0 Å². The summed E-state index contributed by atoms with van der Waals surface area (Å²) in [5.74, 6) is 0.628. The third-order valence-corrected chi connectivity index (χ3v) is 3.83. The molecule has 0 bridgehead atoms. The minimum absolute atomic E-state index is 0.241. The van der Waals surface area contributed by atoms with Crippen LogP contribution in [0.2, 0.25) is 0 Å². The molecule has 0 saturated heterocycles. The Labute approximate surface area is 111 Å². The van der Waals surface area contributed by atoms with E-state index >= 15 is 0 Å². The molecule has 2 heteroatoms. The molecule has 1 aliphatic carbocycles. The van der Waals surface area contributed by atoms with Crippen molar-refractivity contribution >= 4 is 0 Å². The van der Waals surface area contributed by atoms with Gasteiger partial charge in [-0.15, -0.1) is 0 Å². The van der Waals surface area contributed by atoms with Crippen molar-refractivity contribution in [2.45, 2.75) is 52.3 Å². The van der Waals surface area contributed by atoms with Crippen molar-refractivity contribution < 1.29 is 5.11 Å². The van der Waals surface area contributed by atoms with Crippen LogP contribution < -0.4 is 0 Å². The van der Waals surface area contributed by atoms with E-state index in [1.54, 1.807) is 0 Å². The molecule has 0 aliphatic heterocycles. The summed E-state index contributed by atoms with van der Waals surface area (Å²) in [6.07, 6.45) is 0.643. The molecule has 18 heavy (non-hydrogen) atoms. The summed E-state index contributed by atoms with van der Waals surface area (Å²) in [6, 6.07) is 9.01. The molecular formula is C16H25NO. The highest BCUT2D eigenvalue weighted by atomic mass is 16.3. The van der Waals surface area contributed by atoms with Crippen LogP contribution in [0.25, 0.3) is 0 Å². The lowest BCUT2D eigenvalue weighted by Gasteiger charge is -2.35. The average Bonchev–Trinajstić information content (AvgIpc) is 2.64. The van der Waals surface area contributed by atoms with E-state index in [0.29, 0.717) is 12.0 Å². The van der Waals surface area contributed by atoms with Gasteiger partial charge in [-0.25, -0.2) is 0 Å². The highest BCUT2D eigenvalue weighted by Crippen LogP contribution is 2.35. The predicted octanol–water partition coefficient (Wildman–Crippen LogP) is 3.01. The number of benzene rings is 1. The lowest BCUT2D eigenvalue weighted by molar-refractivity contribution is 0.0350. The smallest absolute Gasteiger partial charge is 0.0951 e. The first-order valence-electron chi connectivity index (χ1n) is 7.02. The van der Waals surface area contributed by atoms with E-state index in [4.69, 9.17) is 0 Å². The lowest BCUT2D eigenvalue weighted by Crippen LogP contribution is -2.44. The topological polar surface area (TPSA) is 23.5 Å². The second kappa shape index (κ2) is 5.41. The Morgan fingerprint density at radius 1 is 1.22 bits per heavy atom. The molecule has 0 saturated carbocycles. The summed E-state index contributed by atoms with van der Waals surface area (Å²) >= 11 is 0. The zero-order valence-electron chi connectivity index (χ0n) is 11.9. The van der Waals surface area contributed by atoms with Crippen molar-refractivity contribution in [2.24, 2.45) is 5.92 Å². The molecule has 2 unspecified atom stereocenters. The van der Waals surface area contributed by atoms with Crippen LogP contribution in [0.5, 0.6) is 0 Å². The van der Waals surface area contributed by atoms with Gasteiger partial charge in [0.05, 0.1) is 6.10 Å². The third kappa shape index (κ3) is 2.60. The Morgan fingerprint density at radius 3 is 2.44 bits per heavy atom. The van der Waals surface area contributed by atoms with E-state index in [1.807, 2.05) is 6.07 Å². The standard InChI is InChI=1S/C16H25NO/c1-11(2)10-17(12(3)4)15-9-13-7-5-6-8-14(13)16(15)18/h5-8,11-12,15-16,18H,9-10H2,1-4H3. The van der Waals surface area contributed by atoms with E-state index in [2.05, 4.69) is 50.8 Å². The summed E-state index contributed by atoms with van der Waals surface area (Å²) in [4.78, 5) is 2.45. The molecule has 0 heterocycles. The van der Waals surface area contributed by atoms with Crippen LogP contribution in [0, 0.1) is 5.92 Å². The normalized spacial score (nSPS) is 23.1. The molecule has 0 aromatic heterocycles. The fourth-order valence-corrected chi connectivity index (χ4v) is 3.00. The Bertz CT molecular complexity index is 400. The van der Waals surface area contributed by atoms with E-state index in [-0.39, 0.29) is 12.1 Å². The van der Waals surface area contributed by atoms with Crippen molar-refractivity contribution in [3.63, 3.8) is 0 Å². The zero-order chi connectivity index (χ0) is 13.3. The van der Waals surface area contributed by atoms with Crippen molar-refractivity contribution in [2.75, 3.05) is 6.54 Å². The summed E-state index contributed by atoms with van der Waals surface area (Å²) in [7, 11) is 0. The van der Waals surface area contributed by atoms with Crippen LogP contribution in [-0.2, 0) is 6.42 Å². The average molecular weight is 247 g/mol. The summed E-state index contributed by atoms with van der Waals surface area (Å²) < 4.78 is 0. The number of aliphatic hydroxyl groups excluding tert-OH is 1. The number of hydrogen-bond acceptors (Lipinski definition) is 2. The maximum Gasteiger partial charge on any atom is 0.0951 e. The first kappa shape index (κ1) is 13.6. The summed E-state index contributed by atoms with van der Waals surface area (Å²) in [5, 5.41) is 10.5. The van der Waals surface area contributed by atoms with Crippen molar-refractivity contribution in [1.82, 2.24) is 4.90 Å². The molecule has 0 amide bonds. The quantitative estimate of drug-likeness (QED) is 0.884. The Morgan fingerprint density at radius 2 is 1.89 bits per heavy atom. The van der Waals surface area contributed by atoms with Gasteiger partial charge in [0.25, 0.3) is 0 Å². The molecule has 1 aromatic rings. The van der Waals surface area contributed by atoms with Crippen LogP contribution in [0.3, 0.4) is 0 Å². The highest BCUT2D eigenvalue weighted by Gasteiger charge is 2.35. The fraction of sp³-hybridized carbons (Fsp3) is 0.625. The van der Waals surface area contributed by atoms with Gasteiger partial charge in [0.1, 0.15) is 0 Å². The van der Waals surface area contributed by atoms with E-state index in [0.717, 1.165) is 18.5 Å². The Balaban J connectivity index is 2.20. The van der Waals surface area contributed by atoms with Gasteiger partial charge in [-0.05, 0) is 37.3 Å². The van der Waals surface area contributed by atoms with Gasteiger partial charge in [-0.1, -0.05) is 38.1 Å². The number of rotatable bonds is 4. The molecule has 1 aromatic carbocycles. The molecule has 100 valence electrons. The van der Waals surface area contributed by atoms with Gasteiger partial charge in [-0.2, -0.15) is 0 Å². The van der Waals surface area contributed by atoms with E-state index < -0.39 is 0 Å². The van der Waals surface area contributed by atoms with Crippen molar-refractivity contribution in [3.8, 4) is 0 Å². The van der Waals surface area contributed by atoms with Gasteiger partial charge < -0.3 is 5.11 Å². The molecular weight excluding hydrogens is 222 g/mol. The zero-order valence-corrected chi connectivity index (χ0v) is 11.9. The molecule has 2 nitrogen and oxygen atoms in total. The van der Waals surface area contributed by atoms with Crippen LogP contribution in [0.1, 0.15) is 44.9 Å².